The standard InChI is InChI=1S/C9H15N/c1-4-5-9(7-10)6-8(2)3/h6,8H,4-5H2,1-3H3/b9-6-. The van der Waals surface area contributed by atoms with Gasteiger partial charge in [-0.1, -0.05) is 33.3 Å². The normalized spacial score (nSPS) is 11.7. The molecule has 0 saturated heterocycles. The molecule has 1 heteroatoms. The van der Waals surface area contributed by atoms with Gasteiger partial charge in [-0.3, -0.25) is 0 Å². The Bertz CT molecular complexity index is 149. The van der Waals surface area contributed by atoms with Gasteiger partial charge in [0.1, 0.15) is 0 Å². The van der Waals surface area contributed by atoms with Gasteiger partial charge in [-0.05, 0) is 12.3 Å². The molecule has 0 bridgehead atoms. The summed E-state index contributed by atoms with van der Waals surface area (Å²) in [5.74, 6) is 0.501. The first-order valence-electron chi connectivity index (χ1n) is 3.81. The molecular formula is C9H15N. The molecule has 0 atom stereocenters. The second-order valence-corrected chi connectivity index (χ2v) is 2.80. The monoisotopic (exact) mass is 137 g/mol. The predicted molar refractivity (Wildman–Crippen MR) is 43.4 cm³/mol. The Morgan fingerprint density at radius 1 is 1.60 bits per heavy atom. The van der Waals surface area contributed by atoms with Crippen LogP contribution in [0.1, 0.15) is 33.6 Å². The minimum atomic E-state index is 0.501. The Balaban J connectivity index is 3.95. The molecule has 0 unspecified atom stereocenters. The molecule has 0 radical (unpaired) electrons. The van der Waals surface area contributed by atoms with Crippen LogP contribution in [0.2, 0.25) is 0 Å². The summed E-state index contributed by atoms with van der Waals surface area (Å²) >= 11 is 0. The number of nitrogens with zero attached hydrogens (tertiary/aromatic N) is 1. The fraction of sp³-hybridized carbons (Fsp3) is 0.667. The average molecular weight is 137 g/mol. The van der Waals surface area contributed by atoms with E-state index in [1.54, 1.807) is 0 Å². The van der Waals surface area contributed by atoms with E-state index in [0.29, 0.717) is 5.92 Å². The molecule has 0 aromatic carbocycles. The third kappa shape index (κ3) is 4.14. The largest absolute Gasteiger partial charge is 0.193 e. The van der Waals surface area contributed by atoms with Crippen molar-refractivity contribution in [3.05, 3.63) is 11.6 Å². The zero-order valence-corrected chi connectivity index (χ0v) is 7.02. The lowest BCUT2D eigenvalue weighted by Gasteiger charge is -1.97. The van der Waals surface area contributed by atoms with Crippen molar-refractivity contribution in [1.29, 1.82) is 5.26 Å². The van der Waals surface area contributed by atoms with Crippen molar-refractivity contribution in [1.82, 2.24) is 0 Å². The summed E-state index contributed by atoms with van der Waals surface area (Å²) in [4.78, 5) is 0. The van der Waals surface area contributed by atoms with Gasteiger partial charge in [0, 0.05) is 5.57 Å². The van der Waals surface area contributed by atoms with Crippen LogP contribution in [0.3, 0.4) is 0 Å². The summed E-state index contributed by atoms with van der Waals surface area (Å²) in [7, 11) is 0. The molecule has 0 heterocycles. The maximum Gasteiger partial charge on any atom is 0.0943 e. The second kappa shape index (κ2) is 5.05. The minimum absolute atomic E-state index is 0.501. The van der Waals surface area contributed by atoms with E-state index in [4.69, 9.17) is 5.26 Å². The number of allylic oxidation sites excluding steroid dienone is 2. The van der Waals surface area contributed by atoms with Crippen molar-refractivity contribution in [2.75, 3.05) is 0 Å². The molecule has 0 aromatic heterocycles. The third-order valence-electron chi connectivity index (χ3n) is 1.20. The van der Waals surface area contributed by atoms with Crippen LogP contribution in [0.25, 0.3) is 0 Å². The summed E-state index contributed by atoms with van der Waals surface area (Å²) < 4.78 is 0. The highest BCUT2D eigenvalue weighted by atomic mass is 14.2. The lowest BCUT2D eigenvalue weighted by atomic mass is 10.1. The van der Waals surface area contributed by atoms with Gasteiger partial charge in [-0.15, -0.1) is 0 Å². The van der Waals surface area contributed by atoms with E-state index in [2.05, 4.69) is 26.8 Å². The van der Waals surface area contributed by atoms with Gasteiger partial charge in [0.25, 0.3) is 0 Å². The fourth-order valence-electron chi connectivity index (χ4n) is 0.848. The van der Waals surface area contributed by atoms with Crippen LogP contribution in [-0.4, -0.2) is 0 Å². The fourth-order valence-corrected chi connectivity index (χ4v) is 0.848. The molecular weight excluding hydrogens is 122 g/mol. The SMILES string of the molecule is CCC/C(C#N)=C/C(C)C. The first kappa shape index (κ1) is 9.23. The van der Waals surface area contributed by atoms with Crippen LogP contribution in [-0.2, 0) is 0 Å². The molecule has 0 N–H and O–H groups in total. The second-order valence-electron chi connectivity index (χ2n) is 2.80. The summed E-state index contributed by atoms with van der Waals surface area (Å²) in [6.45, 7) is 6.27. The molecule has 0 aliphatic carbocycles. The first-order chi connectivity index (χ1) is 4.70. The van der Waals surface area contributed by atoms with Gasteiger partial charge in [0.15, 0.2) is 0 Å². The van der Waals surface area contributed by atoms with Gasteiger partial charge in [0.2, 0.25) is 0 Å². The Morgan fingerprint density at radius 3 is 2.50 bits per heavy atom. The number of nitriles is 1. The molecule has 0 aliphatic heterocycles. The summed E-state index contributed by atoms with van der Waals surface area (Å²) in [6.07, 6.45) is 4.02. The van der Waals surface area contributed by atoms with Crippen molar-refractivity contribution >= 4 is 0 Å². The summed E-state index contributed by atoms with van der Waals surface area (Å²) in [6, 6.07) is 2.20. The zero-order chi connectivity index (χ0) is 7.98. The van der Waals surface area contributed by atoms with Gasteiger partial charge < -0.3 is 0 Å². The van der Waals surface area contributed by atoms with Crippen LogP contribution in [0.5, 0.6) is 0 Å². The summed E-state index contributed by atoms with van der Waals surface area (Å²) in [5, 5.41) is 8.59. The molecule has 1 nitrogen and oxygen atoms in total. The number of hydrogen-bond acceptors (Lipinski definition) is 1. The van der Waals surface area contributed by atoms with Crippen molar-refractivity contribution in [2.24, 2.45) is 5.92 Å². The highest BCUT2D eigenvalue weighted by molar-refractivity contribution is 5.20. The van der Waals surface area contributed by atoms with Crippen LogP contribution in [0.15, 0.2) is 11.6 Å². The van der Waals surface area contributed by atoms with E-state index in [0.717, 1.165) is 18.4 Å². The lowest BCUT2D eigenvalue weighted by Crippen LogP contribution is -1.84. The van der Waals surface area contributed by atoms with E-state index in [1.807, 2.05) is 6.08 Å². The smallest absolute Gasteiger partial charge is 0.0943 e. The quantitative estimate of drug-likeness (QED) is 0.549. The number of rotatable bonds is 3. The Kier molecular flexibility index (Phi) is 4.66. The number of hydrogen-bond donors (Lipinski definition) is 0. The molecule has 10 heavy (non-hydrogen) atoms. The zero-order valence-electron chi connectivity index (χ0n) is 7.02. The Labute approximate surface area is 63.4 Å². The molecule has 0 rings (SSSR count). The molecule has 0 aliphatic rings. The highest BCUT2D eigenvalue weighted by Crippen LogP contribution is 2.07. The first-order valence-corrected chi connectivity index (χ1v) is 3.81. The molecule has 56 valence electrons. The van der Waals surface area contributed by atoms with Gasteiger partial charge in [-0.25, -0.2) is 0 Å². The van der Waals surface area contributed by atoms with E-state index >= 15 is 0 Å². The molecule has 0 aromatic rings. The average Bonchev–Trinajstić information content (AvgIpc) is 1.86. The van der Waals surface area contributed by atoms with Crippen molar-refractivity contribution in [3.63, 3.8) is 0 Å². The van der Waals surface area contributed by atoms with Crippen molar-refractivity contribution in [3.8, 4) is 6.07 Å². The predicted octanol–water partition coefficient (Wildman–Crippen LogP) is 2.89. The maximum atomic E-state index is 8.59. The lowest BCUT2D eigenvalue weighted by molar-refractivity contribution is 0.808. The van der Waals surface area contributed by atoms with Crippen LogP contribution >= 0.6 is 0 Å². The third-order valence-corrected chi connectivity index (χ3v) is 1.20. The summed E-state index contributed by atoms with van der Waals surface area (Å²) in [5.41, 5.74) is 0.928. The van der Waals surface area contributed by atoms with E-state index < -0.39 is 0 Å². The van der Waals surface area contributed by atoms with E-state index in [9.17, 15) is 0 Å². The molecule has 0 saturated carbocycles. The van der Waals surface area contributed by atoms with E-state index in [1.165, 1.54) is 0 Å². The Hall–Kier alpha value is -0.770. The van der Waals surface area contributed by atoms with E-state index in [-0.39, 0.29) is 0 Å². The Morgan fingerprint density at radius 2 is 2.20 bits per heavy atom. The molecule has 0 fully saturated rings. The van der Waals surface area contributed by atoms with Crippen LogP contribution in [0.4, 0.5) is 0 Å². The van der Waals surface area contributed by atoms with Crippen LogP contribution in [0, 0.1) is 17.2 Å². The van der Waals surface area contributed by atoms with Gasteiger partial charge in [0.05, 0.1) is 6.07 Å². The topological polar surface area (TPSA) is 23.8 Å². The van der Waals surface area contributed by atoms with Crippen molar-refractivity contribution in [2.45, 2.75) is 33.6 Å². The van der Waals surface area contributed by atoms with Gasteiger partial charge >= 0.3 is 0 Å². The molecule has 0 amide bonds. The van der Waals surface area contributed by atoms with Crippen LogP contribution < -0.4 is 0 Å². The highest BCUT2D eigenvalue weighted by Gasteiger charge is 1.94. The molecule has 0 spiro atoms. The van der Waals surface area contributed by atoms with Crippen molar-refractivity contribution < 1.29 is 0 Å². The maximum absolute atomic E-state index is 8.59. The van der Waals surface area contributed by atoms with Gasteiger partial charge in [-0.2, -0.15) is 5.26 Å². The minimum Gasteiger partial charge on any atom is -0.193 e.